The molecule has 7 nitrogen and oxygen atoms in total. The van der Waals surface area contributed by atoms with Crippen molar-refractivity contribution in [1.29, 1.82) is 0 Å². The Labute approximate surface area is 146 Å². The number of benzene rings is 2. The lowest BCUT2D eigenvalue weighted by Gasteiger charge is -2.11. The van der Waals surface area contributed by atoms with Gasteiger partial charge in [-0.15, -0.1) is 0 Å². The molecular formula is C15H10F3N3O4S. The summed E-state index contributed by atoms with van der Waals surface area (Å²) in [5, 5.41) is 3.70. The smallest absolute Gasteiger partial charge is 0.488 e. The van der Waals surface area contributed by atoms with Crippen molar-refractivity contribution in [2.45, 2.75) is 6.61 Å². The fourth-order valence-corrected chi connectivity index (χ4v) is 2.44. The van der Waals surface area contributed by atoms with E-state index in [2.05, 4.69) is 14.3 Å². The lowest BCUT2D eigenvalue weighted by molar-refractivity contribution is 0.299. The predicted molar refractivity (Wildman–Crippen MR) is 82.7 cm³/mol. The summed E-state index contributed by atoms with van der Waals surface area (Å²) >= 11 is 0. The second-order valence-corrected chi connectivity index (χ2v) is 5.90. The standard InChI is InChI=1S/C15H10F3N3O4S/c16-13-6-1-10(14(17)15(13)21-9-19-8-20-21)7-24-11-2-4-12(5-3-11)25-26(18,22)23/h1-6,8-9H,7H2. The maximum absolute atomic E-state index is 14.5. The van der Waals surface area contributed by atoms with Gasteiger partial charge >= 0.3 is 10.5 Å². The van der Waals surface area contributed by atoms with E-state index in [4.69, 9.17) is 4.74 Å². The molecule has 0 fully saturated rings. The van der Waals surface area contributed by atoms with Crippen LogP contribution in [0.3, 0.4) is 0 Å². The van der Waals surface area contributed by atoms with E-state index in [9.17, 15) is 21.1 Å². The summed E-state index contributed by atoms with van der Waals surface area (Å²) in [6.45, 7) is -0.241. The van der Waals surface area contributed by atoms with Crippen molar-refractivity contribution in [3.8, 4) is 17.2 Å². The number of ether oxygens (including phenoxy) is 1. The van der Waals surface area contributed by atoms with Crippen molar-refractivity contribution < 1.29 is 30.0 Å². The number of rotatable bonds is 6. The van der Waals surface area contributed by atoms with Crippen molar-refractivity contribution in [2.75, 3.05) is 0 Å². The molecule has 0 saturated heterocycles. The minimum absolute atomic E-state index is 0.0589. The molecule has 0 amide bonds. The Bertz CT molecular complexity index is 1010. The van der Waals surface area contributed by atoms with E-state index >= 15 is 0 Å². The van der Waals surface area contributed by atoms with Gasteiger partial charge in [-0.2, -0.15) is 13.5 Å². The SMILES string of the molecule is O=S(=O)(F)Oc1ccc(OCc2ccc(F)c(-n3cncn3)c2F)cc1. The van der Waals surface area contributed by atoms with E-state index in [0.717, 1.165) is 35.5 Å². The zero-order valence-electron chi connectivity index (χ0n) is 12.8. The third kappa shape index (κ3) is 4.11. The molecule has 0 aliphatic carbocycles. The van der Waals surface area contributed by atoms with Crippen LogP contribution in [0.15, 0.2) is 49.1 Å². The predicted octanol–water partition coefficient (Wildman–Crippen LogP) is 2.72. The quantitative estimate of drug-likeness (QED) is 0.607. The maximum atomic E-state index is 14.5. The average Bonchev–Trinajstić information content (AvgIpc) is 3.08. The highest BCUT2D eigenvalue weighted by atomic mass is 32.3. The summed E-state index contributed by atoms with van der Waals surface area (Å²) < 4.78 is 71.9. The minimum Gasteiger partial charge on any atom is -0.489 e. The molecule has 3 aromatic rings. The monoisotopic (exact) mass is 385 g/mol. The van der Waals surface area contributed by atoms with Crippen LogP contribution in [0.25, 0.3) is 5.69 Å². The summed E-state index contributed by atoms with van der Waals surface area (Å²) in [6.07, 6.45) is 2.30. The molecule has 26 heavy (non-hydrogen) atoms. The first-order valence-electron chi connectivity index (χ1n) is 7.02. The van der Waals surface area contributed by atoms with Gasteiger partial charge in [0.2, 0.25) is 0 Å². The van der Waals surface area contributed by atoms with Gasteiger partial charge < -0.3 is 8.92 Å². The van der Waals surface area contributed by atoms with E-state index in [1.54, 1.807) is 0 Å². The first-order valence-corrected chi connectivity index (χ1v) is 8.33. The lowest BCUT2D eigenvalue weighted by Crippen LogP contribution is -2.07. The van der Waals surface area contributed by atoms with Crippen molar-refractivity contribution >= 4 is 10.5 Å². The Kier molecular flexibility index (Phi) is 4.80. The summed E-state index contributed by atoms with van der Waals surface area (Å²) in [5.41, 5.74) is -0.330. The normalized spacial score (nSPS) is 11.3. The average molecular weight is 385 g/mol. The van der Waals surface area contributed by atoms with Crippen LogP contribution in [-0.2, 0) is 17.1 Å². The molecule has 0 N–H and O–H groups in total. The van der Waals surface area contributed by atoms with Crippen LogP contribution < -0.4 is 8.92 Å². The molecule has 0 atom stereocenters. The molecule has 2 aromatic carbocycles. The molecule has 0 aliphatic rings. The van der Waals surface area contributed by atoms with Gasteiger partial charge in [0.15, 0.2) is 11.6 Å². The van der Waals surface area contributed by atoms with E-state index in [1.165, 1.54) is 18.2 Å². The fraction of sp³-hybridized carbons (Fsp3) is 0.0667. The molecule has 136 valence electrons. The Morgan fingerprint density at radius 2 is 1.73 bits per heavy atom. The second-order valence-electron chi connectivity index (χ2n) is 4.95. The largest absolute Gasteiger partial charge is 0.489 e. The number of aromatic nitrogens is 3. The molecule has 1 heterocycles. The molecule has 0 bridgehead atoms. The van der Waals surface area contributed by atoms with E-state index in [1.807, 2.05) is 0 Å². The Hall–Kier alpha value is -3.08. The Morgan fingerprint density at radius 3 is 2.35 bits per heavy atom. The first-order chi connectivity index (χ1) is 12.3. The molecule has 11 heteroatoms. The molecule has 0 spiro atoms. The summed E-state index contributed by atoms with van der Waals surface area (Å²) in [5.74, 6) is -1.69. The number of hydrogen-bond acceptors (Lipinski definition) is 6. The summed E-state index contributed by atoms with van der Waals surface area (Å²) in [4.78, 5) is 3.64. The van der Waals surface area contributed by atoms with E-state index in [-0.39, 0.29) is 29.4 Å². The fourth-order valence-electron chi connectivity index (χ4n) is 2.10. The molecule has 1 aromatic heterocycles. The van der Waals surface area contributed by atoms with E-state index in [0.29, 0.717) is 0 Å². The van der Waals surface area contributed by atoms with Crippen LogP contribution in [0.2, 0.25) is 0 Å². The zero-order chi connectivity index (χ0) is 18.7. The van der Waals surface area contributed by atoms with Crippen LogP contribution in [0, 0.1) is 11.6 Å². The highest BCUT2D eigenvalue weighted by Gasteiger charge is 2.16. The summed E-state index contributed by atoms with van der Waals surface area (Å²) in [6, 6.07) is 7.23. The lowest BCUT2D eigenvalue weighted by atomic mass is 10.2. The van der Waals surface area contributed by atoms with Gasteiger partial charge in [-0.1, -0.05) is 3.89 Å². The highest BCUT2D eigenvalue weighted by molar-refractivity contribution is 7.81. The highest BCUT2D eigenvalue weighted by Crippen LogP contribution is 2.23. The van der Waals surface area contributed by atoms with Crippen molar-refractivity contribution in [3.63, 3.8) is 0 Å². The van der Waals surface area contributed by atoms with Crippen molar-refractivity contribution in [2.24, 2.45) is 0 Å². The van der Waals surface area contributed by atoms with Crippen molar-refractivity contribution in [3.05, 3.63) is 66.3 Å². The van der Waals surface area contributed by atoms with Gasteiger partial charge in [-0.05, 0) is 36.4 Å². The molecule has 0 radical (unpaired) electrons. The number of hydrogen-bond donors (Lipinski definition) is 0. The third-order valence-electron chi connectivity index (χ3n) is 3.21. The van der Waals surface area contributed by atoms with Gasteiger partial charge in [0.05, 0.1) is 0 Å². The van der Waals surface area contributed by atoms with Crippen LogP contribution in [0.5, 0.6) is 11.5 Å². The zero-order valence-corrected chi connectivity index (χ0v) is 13.7. The molecule has 0 unspecified atom stereocenters. The second kappa shape index (κ2) is 7.04. The molecular weight excluding hydrogens is 375 g/mol. The third-order valence-corrected chi connectivity index (χ3v) is 3.60. The summed E-state index contributed by atoms with van der Waals surface area (Å²) in [7, 11) is -5.12. The number of nitrogens with zero attached hydrogens (tertiary/aromatic N) is 3. The Balaban J connectivity index is 1.75. The van der Waals surface area contributed by atoms with Gasteiger partial charge in [0.1, 0.15) is 36.4 Å². The van der Waals surface area contributed by atoms with Gasteiger partial charge in [-0.3, -0.25) is 0 Å². The minimum atomic E-state index is -5.12. The maximum Gasteiger partial charge on any atom is 0.488 e. The van der Waals surface area contributed by atoms with Gasteiger partial charge in [0.25, 0.3) is 0 Å². The van der Waals surface area contributed by atoms with E-state index < -0.39 is 22.1 Å². The topological polar surface area (TPSA) is 83.3 Å². The van der Waals surface area contributed by atoms with Crippen LogP contribution in [0.4, 0.5) is 12.7 Å². The van der Waals surface area contributed by atoms with Crippen molar-refractivity contribution in [1.82, 2.24) is 14.8 Å². The number of halogens is 3. The van der Waals surface area contributed by atoms with Gasteiger partial charge in [-0.25, -0.2) is 18.4 Å². The van der Waals surface area contributed by atoms with Crippen LogP contribution in [-0.4, -0.2) is 23.2 Å². The molecule has 0 aliphatic heterocycles. The Morgan fingerprint density at radius 1 is 1.04 bits per heavy atom. The van der Waals surface area contributed by atoms with Gasteiger partial charge in [0, 0.05) is 5.56 Å². The molecule has 3 rings (SSSR count). The molecule has 0 saturated carbocycles. The first kappa shape index (κ1) is 17.7. The van der Waals surface area contributed by atoms with Crippen LogP contribution >= 0.6 is 0 Å². The van der Waals surface area contributed by atoms with Crippen LogP contribution in [0.1, 0.15) is 5.56 Å².